The summed E-state index contributed by atoms with van der Waals surface area (Å²) < 4.78 is 16.9. The number of rotatable bonds is 67. The summed E-state index contributed by atoms with van der Waals surface area (Å²) in [4.78, 5) is 38.1. The van der Waals surface area contributed by atoms with Gasteiger partial charge < -0.3 is 14.2 Å². The maximum atomic E-state index is 12.9. The molecule has 6 heteroatoms. The van der Waals surface area contributed by atoms with Gasteiger partial charge in [-0.15, -0.1) is 0 Å². The number of hydrogen-bond acceptors (Lipinski definition) is 6. The topological polar surface area (TPSA) is 78.9 Å². The molecule has 0 aliphatic rings. The Labute approximate surface area is 510 Å². The largest absolute Gasteiger partial charge is 0.462 e. The van der Waals surface area contributed by atoms with E-state index < -0.39 is 6.10 Å². The lowest BCUT2D eigenvalue weighted by Gasteiger charge is -2.18. The maximum absolute atomic E-state index is 12.9. The Bertz CT molecular complexity index is 1460. The van der Waals surface area contributed by atoms with E-state index in [1.54, 1.807) is 0 Å². The van der Waals surface area contributed by atoms with Crippen molar-refractivity contribution in [3.05, 3.63) is 60.8 Å². The SMILES string of the molecule is CCCCCCC/C=C\C/C=C\C/C=C\CCCCCCCCCCCCCCCCCCCCC(=O)OCC(COC(=O)CCCCCCCC)OC(=O)CCCCCCCCCCCCCCC/C=C\C/C=C\CCCCCCC. The molecule has 0 N–H and O–H groups in total. The summed E-state index contributed by atoms with van der Waals surface area (Å²) in [5, 5.41) is 0. The number of esters is 3. The van der Waals surface area contributed by atoms with E-state index >= 15 is 0 Å². The molecule has 6 nitrogen and oxygen atoms in total. The van der Waals surface area contributed by atoms with Gasteiger partial charge in [-0.1, -0.05) is 338 Å². The molecule has 0 spiro atoms. The van der Waals surface area contributed by atoms with E-state index in [4.69, 9.17) is 14.2 Å². The number of carbonyl (C=O) groups excluding carboxylic acids is 3. The van der Waals surface area contributed by atoms with E-state index in [0.29, 0.717) is 19.3 Å². The number of allylic oxidation sites excluding steroid dienone is 10. The molecule has 0 aliphatic heterocycles. The average Bonchev–Trinajstić information content (AvgIpc) is 3.47. The average molecular weight is 1150 g/mol. The van der Waals surface area contributed by atoms with Crippen molar-refractivity contribution in [2.24, 2.45) is 0 Å². The molecule has 82 heavy (non-hydrogen) atoms. The van der Waals surface area contributed by atoms with Gasteiger partial charge in [0, 0.05) is 19.3 Å². The van der Waals surface area contributed by atoms with Gasteiger partial charge in [0.15, 0.2) is 6.10 Å². The molecule has 1 unspecified atom stereocenters. The summed E-state index contributed by atoms with van der Waals surface area (Å²) in [6.45, 7) is 6.61. The molecular weight excluding hydrogens is 1010 g/mol. The predicted molar refractivity (Wildman–Crippen MR) is 358 cm³/mol. The molecule has 0 radical (unpaired) electrons. The first-order valence-electron chi connectivity index (χ1n) is 36.3. The minimum atomic E-state index is -0.770. The van der Waals surface area contributed by atoms with Crippen molar-refractivity contribution < 1.29 is 28.6 Å². The van der Waals surface area contributed by atoms with Crippen LogP contribution in [0.15, 0.2) is 60.8 Å². The number of ether oxygens (including phenoxy) is 3. The highest BCUT2D eigenvalue weighted by Gasteiger charge is 2.19. The van der Waals surface area contributed by atoms with E-state index in [1.807, 2.05) is 0 Å². The zero-order chi connectivity index (χ0) is 59.2. The second kappa shape index (κ2) is 70.6. The van der Waals surface area contributed by atoms with Gasteiger partial charge in [0.2, 0.25) is 0 Å². The minimum Gasteiger partial charge on any atom is -0.462 e. The fourth-order valence-corrected chi connectivity index (χ4v) is 10.8. The third-order valence-corrected chi connectivity index (χ3v) is 16.2. The zero-order valence-corrected chi connectivity index (χ0v) is 55.0. The summed E-state index contributed by atoms with van der Waals surface area (Å²) in [5.41, 5.74) is 0. The van der Waals surface area contributed by atoms with Crippen molar-refractivity contribution in [1.82, 2.24) is 0 Å². The fraction of sp³-hybridized carbons (Fsp3) is 0.829. The second-order valence-electron chi connectivity index (χ2n) is 24.5. The van der Waals surface area contributed by atoms with Crippen LogP contribution in [0.3, 0.4) is 0 Å². The van der Waals surface area contributed by atoms with Crippen LogP contribution < -0.4 is 0 Å². The first-order chi connectivity index (χ1) is 40.5. The molecular formula is C76H138O6. The fourth-order valence-electron chi connectivity index (χ4n) is 10.8. The van der Waals surface area contributed by atoms with Crippen molar-refractivity contribution in [3.8, 4) is 0 Å². The van der Waals surface area contributed by atoms with Gasteiger partial charge in [-0.05, 0) is 89.9 Å². The Morgan fingerprint density at radius 3 is 0.683 bits per heavy atom. The molecule has 1 atom stereocenters. The number of carbonyl (C=O) groups is 3. The van der Waals surface area contributed by atoms with Crippen LogP contribution in [0.2, 0.25) is 0 Å². The van der Waals surface area contributed by atoms with Gasteiger partial charge in [0.25, 0.3) is 0 Å². The Balaban J connectivity index is 3.97. The Morgan fingerprint density at radius 1 is 0.244 bits per heavy atom. The van der Waals surface area contributed by atoms with Crippen LogP contribution in [0.1, 0.15) is 387 Å². The third kappa shape index (κ3) is 67.9. The molecule has 0 amide bonds. The first-order valence-corrected chi connectivity index (χ1v) is 36.3. The summed E-state index contributed by atoms with van der Waals surface area (Å²) in [7, 11) is 0. The van der Waals surface area contributed by atoms with Crippen molar-refractivity contribution in [2.75, 3.05) is 13.2 Å². The zero-order valence-electron chi connectivity index (χ0n) is 55.0. The van der Waals surface area contributed by atoms with Gasteiger partial charge in [0.1, 0.15) is 13.2 Å². The van der Waals surface area contributed by atoms with Crippen LogP contribution in [0, 0.1) is 0 Å². The molecule has 0 aromatic heterocycles. The standard InChI is InChI=1S/C76H138O6/c1-4-7-10-13-16-18-20-22-24-26-28-30-32-34-35-36-37-38-39-40-41-43-44-46-48-50-52-54-56-58-60-63-66-69-75(78)81-72-73(71-80-74(77)68-65-62-15-12-9-6-3)82-76(79)70-67-64-61-59-57-55-53-51-49-47-45-42-33-31-29-27-25-23-21-19-17-14-11-8-5-2/h20-23,26-29,32,34,73H,4-19,24-25,30-31,33,35-72H2,1-3H3/b22-20-,23-21-,28-26-,29-27-,34-32-. The smallest absolute Gasteiger partial charge is 0.306 e. The lowest BCUT2D eigenvalue weighted by molar-refractivity contribution is -0.167. The molecule has 0 aromatic rings. The van der Waals surface area contributed by atoms with E-state index in [1.165, 1.54) is 270 Å². The molecule has 0 aliphatic carbocycles. The van der Waals surface area contributed by atoms with Crippen LogP contribution in [-0.2, 0) is 28.6 Å². The lowest BCUT2D eigenvalue weighted by Crippen LogP contribution is -2.30. The van der Waals surface area contributed by atoms with Crippen LogP contribution >= 0.6 is 0 Å². The van der Waals surface area contributed by atoms with Crippen molar-refractivity contribution in [3.63, 3.8) is 0 Å². The van der Waals surface area contributed by atoms with Gasteiger partial charge >= 0.3 is 17.9 Å². The highest BCUT2D eigenvalue weighted by atomic mass is 16.6. The molecule has 0 aromatic carbocycles. The van der Waals surface area contributed by atoms with Crippen molar-refractivity contribution in [2.45, 2.75) is 393 Å². The van der Waals surface area contributed by atoms with Crippen molar-refractivity contribution >= 4 is 17.9 Å². The Hall–Kier alpha value is -2.89. The normalized spacial score (nSPS) is 12.4. The van der Waals surface area contributed by atoms with E-state index in [0.717, 1.165) is 77.0 Å². The van der Waals surface area contributed by atoms with Gasteiger partial charge in [-0.25, -0.2) is 0 Å². The summed E-state index contributed by atoms with van der Waals surface area (Å²) in [6, 6.07) is 0. The summed E-state index contributed by atoms with van der Waals surface area (Å²) in [6.07, 6.45) is 91.6. The molecule has 0 heterocycles. The third-order valence-electron chi connectivity index (χ3n) is 16.2. The molecule has 0 rings (SSSR count). The minimum absolute atomic E-state index is 0.0698. The van der Waals surface area contributed by atoms with Gasteiger partial charge in [-0.2, -0.15) is 0 Å². The van der Waals surface area contributed by atoms with Gasteiger partial charge in [0.05, 0.1) is 0 Å². The maximum Gasteiger partial charge on any atom is 0.306 e. The van der Waals surface area contributed by atoms with Crippen LogP contribution in [0.25, 0.3) is 0 Å². The quantitative estimate of drug-likeness (QED) is 0.0261. The second-order valence-corrected chi connectivity index (χ2v) is 24.5. The first kappa shape index (κ1) is 79.1. The molecule has 0 saturated heterocycles. The van der Waals surface area contributed by atoms with Crippen LogP contribution in [-0.4, -0.2) is 37.2 Å². The summed E-state index contributed by atoms with van der Waals surface area (Å²) in [5.74, 6) is -0.858. The van der Waals surface area contributed by atoms with E-state index in [9.17, 15) is 14.4 Å². The molecule has 0 saturated carbocycles. The van der Waals surface area contributed by atoms with E-state index in [2.05, 4.69) is 81.5 Å². The lowest BCUT2D eigenvalue weighted by atomic mass is 10.0. The molecule has 478 valence electrons. The highest BCUT2D eigenvalue weighted by molar-refractivity contribution is 5.71. The van der Waals surface area contributed by atoms with E-state index in [-0.39, 0.29) is 31.1 Å². The Kier molecular flexibility index (Phi) is 68.1. The molecule has 0 bridgehead atoms. The number of hydrogen-bond donors (Lipinski definition) is 0. The monoisotopic (exact) mass is 1150 g/mol. The summed E-state index contributed by atoms with van der Waals surface area (Å²) >= 11 is 0. The van der Waals surface area contributed by atoms with Crippen LogP contribution in [0.4, 0.5) is 0 Å². The van der Waals surface area contributed by atoms with Crippen molar-refractivity contribution in [1.29, 1.82) is 0 Å². The predicted octanol–water partition coefficient (Wildman–Crippen LogP) is 25.1. The number of unbranched alkanes of at least 4 members (excludes halogenated alkanes) is 46. The van der Waals surface area contributed by atoms with Crippen LogP contribution in [0.5, 0.6) is 0 Å². The Morgan fingerprint density at radius 2 is 0.439 bits per heavy atom. The van der Waals surface area contributed by atoms with Gasteiger partial charge in [-0.3, -0.25) is 14.4 Å². The highest BCUT2D eigenvalue weighted by Crippen LogP contribution is 2.18. The molecule has 0 fully saturated rings.